The van der Waals surface area contributed by atoms with Crippen molar-refractivity contribution in [1.29, 1.82) is 0 Å². The van der Waals surface area contributed by atoms with E-state index in [1.54, 1.807) is 5.38 Å². The molecule has 2 aromatic carbocycles. The third-order valence-corrected chi connectivity index (χ3v) is 6.69. The molecule has 28 heavy (non-hydrogen) atoms. The predicted octanol–water partition coefficient (Wildman–Crippen LogP) is 4.29. The highest BCUT2D eigenvalue weighted by Gasteiger charge is 2.20. The second kappa shape index (κ2) is 8.24. The fourth-order valence-electron chi connectivity index (χ4n) is 2.87. The van der Waals surface area contributed by atoms with Crippen molar-refractivity contribution in [3.05, 3.63) is 70.2 Å². The number of hydrogen-bond donors (Lipinski definition) is 1. The van der Waals surface area contributed by atoms with E-state index in [-0.39, 0.29) is 5.75 Å². The van der Waals surface area contributed by atoms with E-state index in [0.717, 1.165) is 27.3 Å². The number of hydrogen-bond acceptors (Lipinski definition) is 5. The SMILES string of the molecule is Cc1ccc(-c2nc(CS(=O)(=O)CC(=O)Nc3c(C)cccc3C)cs2)cc1. The van der Waals surface area contributed by atoms with Crippen molar-refractivity contribution in [1.82, 2.24) is 4.98 Å². The molecular formula is C21H22N2O3S2. The number of aromatic nitrogens is 1. The van der Waals surface area contributed by atoms with Crippen molar-refractivity contribution < 1.29 is 13.2 Å². The Bertz CT molecular complexity index is 1080. The van der Waals surface area contributed by atoms with Crippen LogP contribution in [-0.4, -0.2) is 25.1 Å². The van der Waals surface area contributed by atoms with E-state index >= 15 is 0 Å². The number of thiazole rings is 1. The number of amides is 1. The van der Waals surface area contributed by atoms with Gasteiger partial charge in [-0.2, -0.15) is 0 Å². The van der Waals surface area contributed by atoms with Gasteiger partial charge in [0, 0.05) is 16.6 Å². The number of aryl methyl sites for hydroxylation is 3. The fraction of sp³-hybridized carbons (Fsp3) is 0.238. The predicted molar refractivity (Wildman–Crippen MR) is 114 cm³/mol. The Morgan fingerprint density at radius 1 is 1.04 bits per heavy atom. The molecule has 0 unspecified atom stereocenters. The lowest BCUT2D eigenvalue weighted by molar-refractivity contribution is -0.113. The Morgan fingerprint density at radius 2 is 1.68 bits per heavy atom. The summed E-state index contributed by atoms with van der Waals surface area (Å²) in [5.41, 5.74) is 5.02. The van der Waals surface area contributed by atoms with Crippen LogP contribution in [0.2, 0.25) is 0 Å². The number of nitrogens with zero attached hydrogens (tertiary/aromatic N) is 1. The van der Waals surface area contributed by atoms with Crippen molar-refractivity contribution in [2.45, 2.75) is 26.5 Å². The Balaban J connectivity index is 1.67. The summed E-state index contributed by atoms with van der Waals surface area (Å²) in [5.74, 6) is -1.36. The van der Waals surface area contributed by atoms with E-state index in [1.807, 2.05) is 63.2 Å². The molecule has 0 saturated heterocycles. The molecule has 1 amide bonds. The van der Waals surface area contributed by atoms with E-state index < -0.39 is 21.5 Å². The van der Waals surface area contributed by atoms with Crippen LogP contribution in [0.5, 0.6) is 0 Å². The van der Waals surface area contributed by atoms with Crippen molar-refractivity contribution >= 4 is 32.8 Å². The zero-order chi connectivity index (χ0) is 20.3. The van der Waals surface area contributed by atoms with Gasteiger partial charge in [0.2, 0.25) is 5.91 Å². The van der Waals surface area contributed by atoms with Crippen molar-refractivity contribution in [3.63, 3.8) is 0 Å². The average molecular weight is 415 g/mol. The van der Waals surface area contributed by atoms with Crippen LogP contribution < -0.4 is 5.32 Å². The van der Waals surface area contributed by atoms with E-state index in [9.17, 15) is 13.2 Å². The Kier molecular flexibility index (Phi) is 5.96. The first-order chi connectivity index (χ1) is 13.2. The van der Waals surface area contributed by atoms with E-state index in [0.29, 0.717) is 11.4 Å². The minimum absolute atomic E-state index is 0.254. The zero-order valence-electron chi connectivity index (χ0n) is 16.0. The van der Waals surface area contributed by atoms with Gasteiger partial charge in [-0.25, -0.2) is 13.4 Å². The van der Waals surface area contributed by atoms with E-state index in [4.69, 9.17) is 0 Å². The lowest BCUT2D eigenvalue weighted by Gasteiger charge is -2.11. The molecule has 0 aliphatic rings. The summed E-state index contributed by atoms with van der Waals surface area (Å²) in [7, 11) is -3.62. The van der Waals surface area contributed by atoms with Gasteiger partial charge in [-0.15, -0.1) is 11.3 Å². The third kappa shape index (κ3) is 5.05. The van der Waals surface area contributed by atoms with E-state index in [2.05, 4.69) is 10.3 Å². The van der Waals surface area contributed by atoms with Crippen LogP contribution in [0, 0.1) is 20.8 Å². The van der Waals surface area contributed by atoms with Gasteiger partial charge in [0.25, 0.3) is 0 Å². The summed E-state index contributed by atoms with van der Waals surface area (Å²) in [4.78, 5) is 16.7. The van der Waals surface area contributed by atoms with Gasteiger partial charge < -0.3 is 5.32 Å². The minimum Gasteiger partial charge on any atom is -0.325 e. The van der Waals surface area contributed by atoms with Gasteiger partial charge in [0.1, 0.15) is 10.8 Å². The van der Waals surface area contributed by atoms with Gasteiger partial charge in [-0.05, 0) is 31.9 Å². The monoisotopic (exact) mass is 414 g/mol. The Morgan fingerprint density at radius 3 is 2.32 bits per heavy atom. The van der Waals surface area contributed by atoms with Crippen LogP contribution >= 0.6 is 11.3 Å². The molecule has 0 atom stereocenters. The van der Waals surface area contributed by atoms with Gasteiger partial charge in [0.05, 0.1) is 11.4 Å². The molecule has 0 spiro atoms. The number of carbonyl (C=O) groups excluding carboxylic acids is 1. The topological polar surface area (TPSA) is 76.1 Å². The molecule has 0 aliphatic carbocycles. The molecule has 5 nitrogen and oxygen atoms in total. The zero-order valence-corrected chi connectivity index (χ0v) is 17.7. The molecule has 3 rings (SSSR count). The van der Waals surface area contributed by atoms with Crippen LogP contribution in [0.4, 0.5) is 5.69 Å². The van der Waals surface area contributed by atoms with E-state index in [1.165, 1.54) is 11.3 Å². The maximum atomic E-state index is 12.5. The van der Waals surface area contributed by atoms with Crippen molar-refractivity contribution in [2.75, 3.05) is 11.1 Å². The van der Waals surface area contributed by atoms with Crippen molar-refractivity contribution in [2.24, 2.45) is 0 Å². The second-order valence-corrected chi connectivity index (χ2v) is 9.78. The van der Waals surface area contributed by atoms with Crippen LogP contribution in [0.15, 0.2) is 47.8 Å². The number of carbonyl (C=O) groups is 1. The summed E-state index contributed by atoms with van der Waals surface area (Å²) >= 11 is 1.40. The summed E-state index contributed by atoms with van der Waals surface area (Å²) in [6.07, 6.45) is 0. The first-order valence-corrected chi connectivity index (χ1v) is 11.5. The molecule has 1 heterocycles. The Hall–Kier alpha value is -2.51. The largest absolute Gasteiger partial charge is 0.325 e. The molecule has 146 valence electrons. The highest BCUT2D eigenvalue weighted by molar-refractivity contribution is 7.91. The molecule has 0 aliphatic heterocycles. The summed E-state index contributed by atoms with van der Waals surface area (Å²) in [6.45, 7) is 5.76. The van der Waals surface area contributed by atoms with Gasteiger partial charge >= 0.3 is 0 Å². The number of anilines is 1. The highest BCUT2D eigenvalue weighted by Crippen LogP contribution is 2.25. The first-order valence-electron chi connectivity index (χ1n) is 8.81. The van der Waals surface area contributed by atoms with Crippen LogP contribution in [0.1, 0.15) is 22.4 Å². The minimum atomic E-state index is -3.62. The molecule has 1 aromatic heterocycles. The van der Waals surface area contributed by atoms with Crippen LogP contribution in [0.3, 0.4) is 0 Å². The lowest BCUT2D eigenvalue weighted by atomic mass is 10.1. The quantitative estimate of drug-likeness (QED) is 0.653. The van der Waals surface area contributed by atoms with Gasteiger partial charge in [0.15, 0.2) is 9.84 Å². The fourth-order valence-corrected chi connectivity index (χ4v) is 4.97. The van der Waals surface area contributed by atoms with Crippen molar-refractivity contribution in [3.8, 4) is 10.6 Å². The molecule has 7 heteroatoms. The Labute approximate surface area is 169 Å². The molecule has 0 bridgehead atoms. The number of para-hydroxylation sites is 1. The molecule has 1 N–H and O–H groups in total. The second-order valence-electron chi connectivity index (χ2n) is 6.86. The van der Waals surface area contributed by atoms with Gasteiger partial charge in [-0.1, -0.05) is 48.0 Å². The number of nitrogens with one attached hydrogen (secondary N) is 1. The summed E-state index contributed by atoms with van der Waals surface area (Å²) in [6, 6.07) is 13.5. The standard InChI is InChI=1S/C21H22N2O3S2/c1-14-7-9-17(10-8-14)21-22-18(11-27-21)12-28(25,26)13-19(24)23-20-15(2)5-4-6-16(20)3/h4-11H,12-13H2,1-3H3,(H,23,24). The molecule has 0 saturated carbocycles. The lowest BCUT2D eigenvalue weighted by Crippen LogP contribution is -2.24. The van der Waals surface area contributed by atoms with Gasteiger partial charge in [-0.3, -0.25) is 4.79 Å². The average Bonchev–Trinajstić information content (AvgIpc) is 3.06. The smallest absolute Gasteiger partial charge is 0.239 e. The maximum absolute atomic E-state index is 12.5. The maximum Gasteiger partial charge on any atom is 0.239 e. The molecule has 3 aromatic rings. The molecule has 0 radical (unpaired) electrons. The third-order valence-electron chi connectivity index (χ3n) is 4.31. The molecule has 0 fully saturated rings. The normalized spacial score (nSPS) is 11.4. The number of benzene rings is 2. The number of sulfone groups is 1. The molecular weight excluding hydrogens is 392 g/mol. The van der Waals surface area contributed by atoms with Crippen LogP contribution in [0.25, 0.3) is 10.6 Å². The first kappa shape index (κ1) is 20.2. The summed E-state index contributed by atoms with van der Waals surface area (Å²) < 4.78 is 24.9. The number of rotatable bonds is 6. The summed E-state index contributed by atoms with van der Waals surface area (Å²) in [5, 5.41) is 5.22. The highest BCUT2D eigenvalue weighted by atomic mass is 32.2. The van der Waals surface area contributed by atoms with Crippen LogP contribution in [-0.2, 0) is 20.4 Å².